The second-order valence-electron chi connectivity index (χ2n) is 7.66. The van der Waals surface area contributed by atoms with Crippen molar-refractivity contribution >= 4 is 26.0 Å². The first-order valence-corrected chi connectivity index (χ1v) is 13.7. The summed E-state index contributed by atoms with van der Waals surface area (Å²) in [5.74, 6) is -1.35. The summed E-state index contributed by atoms with van der Waals surface area (Å²) in [5, 5.41) is 2.62. The van der Waals surface area contributed by atoms with E-state index >= 15 is 0 Å². The van der Waals surface area contributed by atoms with Crippen molar-refractivity contribution in [1.82, 2.24) is 13.9 Å². The van der Waals surface area contributed by atoms with Crippen LogP contribution in [-0.2, 0) is 36.1 Å². The third kappa shape index (κ3) is 6.35. The summed E-state index contributed by atoms with van der Waals surface area (Å²) < 4.78 is 77.6. The predicted octanol–water partition coefficient (Wildman–Crippen LogP) is 1.18. The van der Waals surface area contributed by atoms with E-state index in [4.69, 9.17) is 9.47 Å². The minimum atomic E-state index is -4.20. The number of nitrogens with one attached hydrogen (secondary N) is 1. The molecule has 13 heteroatoms. The molecule has 2 aromatic carbocycles. The van der Waals surface area contributed by atoms with E-state index in [0.717, 1.165) is 16.4 Å². The number of carbonyl (C=O) groups excluding carboxylic acids is 1. The predicted molar refractivity (Wildman–Crippen MR) is 125 cm³/mol. The lowest BCUT2D eigenvalue weighted by atomic mass is 10.2. The molecule has 0 aliphatic carbocycles. The molecule has 0 unspecified atom stereocenters. The van der Waals surface area contributed by atoms with Gasteiger partial charge in [-0.05, 0) is 35.9 Å². The number of hydrogen-bond acceptors (Lipinski definition) is 7. The van der Waals surface area contributed by atoms with Gasteiger partial charge in [0, 0.05) is 26.2 Å². The van der Waals surface area contributed by atoms with Gasteiger partial charge in [-0.3, -0.25) is 4.79 Å². The molecule has 0 bridgehead atoms. The lowest BCUT2D eigenvalue weighted by Crippen LogP contribution is -2.40. The molecular formula is C22H28FN3O7S2. The quantitative estimate of drug-likeness (QED) is 0.490. The van der Waals surface area contributed by atoms with Crippen LogP contribution in [0.15, 0.2) is 52.3 Å². The summed E-state index contributed by atoms with van der Waals surface area (Å²) in [5.41, 5.74) is 0.636. The monoisotopic (exact) mass is 529 g/mol. The van der Waals surface area contributed by atoms with Gasteiger partial charge in [0.1, 0.15) is 16.5 Å². The van der Waals surface area contributed by atoms with Crippen LogP contribution in [0.25, 0.3) is 0 Å². The van der Waals surface area contributed by atoms with E-state index in [1.54, 1.807) is 19.1 Å². The Morgan fingerprint density at radius 3 is 2.37 bits per heavy atom. The number of sulfonamides is 2. The minimum absolute atomic E-state index is 0.0243. The summed E-state index contributed by atoms with van der Waals surface area (Å²) in [6, 6.07) is 9.23. The van der Waals surface area contributed by atoms with Crippen LogP contribution in [-0.4, -0.2) is 77.9 Å². The Bertz CT molecular complexity index is 1250. The Balaban J connectivity index is 1.63. The normalized spacial score (nSPS) is 15.2. The highest BCUT2D eigenvalue weighted by Gasteiger charge is 2.29. The van der Waals surface area contributed by atoms with Crippen molar-refractivity contribution in [1.29, 1.82) is 0 Å². The molecule has 1 aliphatic heterocycles. The maximum atomic E-state index is 13.7. The van der Waals surface area contributed by atoms with Crippen LogP contribution in [0, 0.1) is 5.82 Å². The maximum absolute atomic E-state index is 13.7. The Labute approximate surface area is 204 Å². The fourth-order valence-corrected chi connectivity index (χ4v) is 6.47. The van der Waals surface area contributed by atoms with Gasteiger partial charge in [-0.1, -0.05) is 19.1 Å². The molecule has 35 heavy (non-hydrogen) atoms. The molecule has 0 atom stereocenters. The van der Waals surface area contributed by atoms with Gasteiger partial charge in [0.25, 0.3) is 0 Å². The highest BCUT2D eigenvalue weighted by atomic mass is 32.2. The van der Waals surface area contributed by atoms with Gasteiger partial charge in [0.05, 0.1) is 31.8 Å². The van der Waals surface area contributed by atoms with E-state index < -0.39 is 38.3 Å². The standard InChI is InChI=1S/C22H28FN3O7S2/c1-3-25(35(30,31)21-14-18(23)6-9-20(21)32-2)16-22(27)24-15-17-4-7-19(8-5-17)34(28,29)26-10-12-33-13-11-26/h4-9,14H,3,10-13,15-16H2,1-2H3,(H,24,27). The zero-order chi connectivity index (χ0) is 25.6. The largest absolute Gasteiger partial charge is 0.495 e. The molecule has 1 fully saturated rings. The molecule has 2 aromatic rings. The Morgan fingerprint density at radius 1 is 1.11 bits per heavy atom. The van der Waals surface area contributed by atoms with Crippen molar-refractivity contribution in [2.24, 2.45) is 0 Å². The van der Waals surface area contributed by atoms with Gasteiger partial charge >= 0.3 is 0 Å². The molecule has 1 heterocycles. The van der Waals surface area contributed by atoms with Gasteiger partial charge in [-0.25, -0.2) is 21.2 Å². The smallest absolute Gasteiger partial charge is 0.247 e. The number of ether oxygens (including phenoxy) is 2. The number of halogens is 1. The van der Waals surface area contributed by atoms with Crippen molar-refractivity contribution in [3.05, 3.63) is 53.8 Å². The topological polar surface area (TPSA) is 122 Å². The van der Waals surface area contributed by atoms with Crippen molar-refractivity contribution in [2.45, 2.75) is 23.3 Å². The van der Waals surface area contributed by atoms with Crippen molar-refractivity contribution in [3.63, 3.8) is 0 Å². The van der Waals surface area contributed by atoms with Gasteiger partial charge in [0.15, 0.2) is 0 Å². The first-order valence-electron chi connectivity index (χ1n) is 10.9. The third-order valence-electron chi connectivity index (χ3n) is 5.44. The number of likely N-dealkylation sites (N-methyl/N-ethyl adjacent to an activating group) is 1. The number of rotatable bonds is 10. The Kier molecular flexibility index (Phi) is 8.83. The van der Waals surface area contributed by atoms with Crippen molar-refractivity contribution in [3.8, 4) is 5.75 Å². The molecule has 1 amide bonds. The van der Waals surface area contributed by atoms with Gasteiger partial charge < -0.3 is 14.8 Å². The highest BCUT2D eigenvalue weighted by Crippen LogP contribution is 2.27. The average Bonchev–Trinajstić information content (AvgIpc) is 2.86. The highest BCUT2D eigenvalue weighted by molar-refractivity contribution is 7.89. The van der Waals surface area contributed by atoms with Gasteiger partial charge in [0.2, 0.25) is 26.0 Å². The maximum Gasteiger partial charge on any atom is 0.247 e. The van der Waals surface area contributed by atoms with E-state index in [2.05, 4.69) is 5.32 Å². The van der Waals surface area contributed by atoms with Crippen LogP contribution in [0.1, 0.15) is 12.5 Å². The van der Waals surface area contributed by atoms with E-state index in [1.807, 2.05) is 0 Å². The van der Waals surface area contributed by atoms with E-state index in [-0.39, 0.29) is 28.6 Å². The molecule has 192 valence electrons. The van der Waals surface area contributed by atoms with Crippen LogP contribution < -0.4 is 10.1 Å². The van der Waals surface area contributed by atoms with E-state index in [9.17, 15) is 26.0 Å². The summed E-state index contributed by atoms with van der Waals surface area (Å²) in [6.07, 6.45) is 0. The van der Waals surface area contributed by atoms with E-state index in [1.165, 1.54) is 29.6 Å². The first kappa shape index (κ1) is 27.0. The molecular weight excluding hydrogens is 501 g/mol. The molecule has 1 N–H and O–H groups in total. The summed E-state index contributed by atoms with van der Waals surface area (Å²) in [4.78, 5) is 12.3. The average molecular weight is 530 g/mol. The number of benzene rings is 2. The zero-order valence-corrected chi connectivity index (χ0v) is 21.1. The molecule has 3 rings (SSSR count). The zero-order valence-electron chi connectivity index (χ0n) is 19.4. The number of amides is 1. The molecule has 1 saturated heterocycles. The third-order valence-corrected chi connectivity index (χ3v) is 9.29. The second-order valence-corrected chi connectivity index (χ2v) is 11.5. The summed E-state index contributed by atoms with van der Waals surface area (Å²) >= 11 is 0. The van der Waals surface area contributed by atoms with Crippen LogP contribution in [0.5, 0.6) is 5.75 Å². The van der Waals surface area contributed by atoms with Crippen LogP contribution in [0.2, 0.25) is 0 Å². The van der Waals surface area contributed by atoms with Crippen molar-refractivity contribution in [2.75, 3.05) is 46.5 Å². The Morgan fingerprint density at radius 2 is 1.77 bits per heavy atom. The summed E-state index contributed by atoms with van der Waals surface area (Å²) in [7, 11) is -6.55. The van der Waals surface area contributed by atoms with E-state index in [0.29, 0.717) is 31.9 Å². The SMILES string of the molecule is CCN(CC(=O)NCc1ccc(S(=O)(=O)N2CCOCC2)cc1)S(=O)(=O)c1cc(F)ccc1OC. The number of carbonyl (C=O) groups is 1. The number of nitrogens with zero attached hydrogens (tertiary/aromatic N) is 2. The number of methoxy groups -OCH3 is 1. The van der Waals surface area contributed by atoms with Crippen LogP contribution in [0.4, 0.5) is 4.39 Å². The first-order chi connectivity index (χ1) is 16.6. The Hall–Kier alpha value is -2.58. The molecule has 0 radical (unpaired) electrons. The lowest BCUT2D eigenvalue weighted by Gasteiger charge is -2.26. The molecule has 10 nitrogen and oxygen atoms in total. The number of hydrogen-bond donors (Lipinski definition) is 1. The van der Waals surface area contributed by atoms with Crippen LogP contribution >= 0.6 is 0 Å². The van der Waals surface area contributed by atoms with Crippen LogP contribution in [0.3, 0.4) is 0 Å². The van der Waals surface area contributed by atoms with Gasteiger partial charge in [-0.2, -0.15) is 8.61 Å². The molecule has 0 saturated carbocycles. The molecule has 0 spiro atoms. The van der Waals surface area contributed by atoms with Crippen molar-refractivity contribution < 1.29 is 35.5 Å². The van der Waals surface area contributed by atoms with Gasteiger partial charge in [-0.15, -0.1) is 0 Å². The summed E-state index contributed by atoms with van der Waals surface area (Å²) in [6.45, 7) is 2.39. The molecule has 1 aliphatic rings. The number of morpholine rings is 1. The molecule has 0 aromatic heterocycles. The fraction of sp³-hybridized carbons (Fsp3) is 0.409. The second kappa shape index (κ2) is 11.4. The lowest BCUT2D eigenvalue weighted by molar-refractivity contribution is -0.121. The fourth-order valence-electron chi connectivity index (χ4n) is 3.49. The minimum Gasteiger partial charge on any atom is -0.495 e.